The van der Waals surface area contributed by atoms with E-state index in [1.807, 2.05) is 0 Å². The Bertz CT molecular complexity index is 633. The SMILES string of the molecule is OC(=Cc1ccccc1)[C@@H](O)C(O)[C@@H](O)C(O)=Cc1ccccc1. The van der Waals surface area contributed by atoms with Crippen LogP contribution in [0.2, 0.25) is 0 Å². The number of hydrogen-bond donors (Lipinski definition) is 5. The largest absolute Gasteiger partial charge is 0.509 e. The molecule has 2 rings (SSSR count). The molecule has 5 heteroatoms. The Kier molecular flexibility index (Phi) is 6.14. The van der Waals surface area contributed by atoms with Crippen LogP contribution in [-0.2, 0) is 0 Å². The molecule has 3 atom stereocenters. The maximum Gasteiger partial charge on any atom is 0.140 e. The molecule has 0 amide bonds. The van der Waals surface area contributed by atoms with Gasteiger partial charge in [-0.2, -0.15) is 0 Å². The fraction of sp³-hybridized carbons (Fsp3) is 0.158. The van der Waals surface area contributed by atoms with Gasteiger partial charge >= 0.3 is 0 Å². The van der Waals surface area contributed by atoms with Crippen LogP contribution in [0.25, 0.3) is 12.2 Å². The summed E-state index contributed by atoms with van der Waals surface area (Å²) in [7, 11) is 0. The molecule has 2 aromatic carbocycles. The molecule has 0 heterocycles. The Morgan fingerprint density at radius 3 is 1.29 bits per heavy atom. The van der Waals surface area contributed by atoms with E-state index in [-0.39, 0.29) is 0 Å². The first-order valence-corrected chi connectivity index (χ1v) is 7.44. The van der Waals surface area contributed by atoms with Gasteiger partial charge in [-0.3, -0.25) is 0 Å². The molecule has 24 heavy (non-hydrogen) atoms. The molecule has 2 aromatic rings. The summed E-state index contributed by atoms with van der Waals surface area (Å²) in [5.41, 5.74) is 1.25. The van der Waals surface area contributed by atoms with E-state index >= 15 is 0 Å². The molecular weight excluding hydrogens is 308 g/mol. The van der Waals surface area contributed by atoms with Crippen LogP contribution in [0.3, 0.4) is 0 Å². The molecule has 0 fully saturated rings. The third-order valence-electron chi connectivity index (χ3n) is 3.48. The van der Waals surface area contributed by atoms with Gasteiger partial charge in [0.05, 0.1) is 0 Å². The topological polar surface area (TPSA) is 101 Å². The summed E-state index contributed by atoms with van der Waals surface area (Å²) in [5.74, 6) is -1.03. The average Bonchev–Trinajstić information content (AvgIpc) is 2.61. The number of benzene rings is 2. The first kappa shape index (κ1) is 17.7. The monoisotopic (exact) mass is 328 g/mol. The quantitative estimate of drug-likeness (QED) is 0.524. The van der Waals surface area contributed by atoms with Gasteiger partial charge in [-0.05, 0) is 23.3 Å². The third kappa shape index (κ3) is 4.70. The molecule has 5 N–H and O–H groups in total. The average molecular weight is 328 g/mol. The van der Waals surface area contributed by atoms with Crippen molar-refractivity contribution in [3.8, 4) is 0 Å². The van der Waals surface area contributed by atoms with Gasteiger partial charge in [0.1, 0.15) is 29.8 Å². The van der Waals surface area contributed by atoms with Crippen LogP contribution >= 0.6 is 0 Å². The Morgan fingerprint density at radius 2 is 0.958 bits per heavy atom. The highest BCUT2D eigenvalue weighted by molar-refractivity contribution is 5.53. The van der Waals surface area contributed by atoms with Crippen LogP contribution < -0.4 is 0 Å². The molecule has 0 spiro atoms. The van der Waals surface area contributed by atoms with Crippen molar-refractivity contribution in [1.82, 2.24) is 0 Å². The van der Waals surface area contributed by atoms with Crippen molar-refractivity contribution < 1.29 is 25.5 Å². The Hall–Kier alpha value is -2.60. The molecule has 0 aliphatic carbocycles. The van der Waals surface area contributed by atoms with Crippen molar-refractivity contribution in [2.24, 2.45) is 0 Å². The second-order valence-corrected chi connectivity index (χ2v) is 5.34. The first-order valence-electron chi connectivity index (χ1n) is 7.44. The van der Waals surface area contributed by atoms with Gasteiger partial charge in [0.2, 0.25) is 0 Å². The van der Waals surface area contributed by atoms with Crippen LogP contribution in [-0.4, -0.2) is 43.8 Å². The van der Waals surface area contributed by atoms with Crippen molar-refractivity contribution in [2.75, 3.05) is 0 Å². The minimum Gasteiger partial charge on any atom is -0.509 e. The fourth-order valence-electron chi connectivity index (χ4n) is 2.13. The molecule has 0 aliphatic heterocycles. The zero-order chi connectivity index (χ0) is 17.5. The lowest BCUT2D eigenvalue weighted by Gasteiger charge is -2.22. The summed E-state index contributed by atoms with van der Waals surface area (Å²) in [6.45, 7) is 0. The minimum absolute atomic E-state index is 0.514. The van der Waals surface area contributed by atoms with Crippen LogP contribution in [0.15, 0.2) is 72.2 Å². The Morgan fingerprint density at radius 1 is 0.625 bits per heavy atom. The molecule has 0 aliphatic rings. The molecule has 0 bridgehead atoms. The van der Waals surface area contributed by atoms with E-state index < -0.39 is 29.8 Å². The van der Waals surface area contributed by atoms with Crippen molar-refractivity contribution >= 4 is 12.2 Å². The van der Waals surface area contributed by atoms with Crippen LogP contribution in [0.1, 0.15) is 11.1 Å². The highest BCUT2D eigenvalue weighted by Gasteiger charge is 2.30. The van der Waals surface area contributed by atoms with Crippen molar-refractivity contribution in [1.29, 1.82) is 0 Å². The fourth-order valence-corrected chi connectivity index (χ4v) is 2.13. The Labute approximate surface area is 140 Å². The van der Waals surface area contributed by atoms with E-state index in [2.05, 4.69) is 0 Å². The van der Waals surface area contributed by atoms with Gasteiger partial charge in [-0.1, -0.05) is 60.7 Å². The van der Waals surface area contributed by atoms with E-state index in [0.29, 0.717) is 11.1 Å². The normalized spacial score (nSPS) is 16.5. The number of rotatable bonds is 6. The van der Waals surface area contributed by atoms with Gasteiger partial charge in [0, 0.05) is 0 Å². The predicted molar refractivity (Wildman–Crippen MR) is 92.1 cm³/mol. The smallest absolute Gasteiger partial charge is 0.140 e. The lowest BCUT2D eigenvalue weighted by Crippen LogP contribution is -2.39. The van der Waals surface area contributed by atoms with Gasteiger partial charge < -0.3 is 25.5 Å². The van der Waals surface area contributed by atoms with Crippen LogP contribution in [0, 0.1) is 0 Å². The molecule has 0 saturated heterocycles. The van der Waals surface area contributed by atoms with Crippen LogP contribution in [0.4, 0.5) is 0 Å². The highest BCUT2D eigenvalue weighted by Crippen LogP contribution is 2.17. The summed E-state index contributed by atoms with van der Waals surface area (Å²) in [5, 5.41) is 49.7. The number of aliphatic hydroxyl groups is 5. The van der Waals surface area contributed by atoms with Gasteiger partial charge in [-0.15, -0.1) is 0 Å². The summed E-state index contributed by atoms with van der Waals surface area (Å²) >= 11 is 0. The zero-order valence-electron chi connectivity index (χ0n) is 12.9. The molecule has 5 nitrogen and oxygen atoms in total. The van der Waals surface area contributed by atoms with Crippen LogP contribution in [0.5, 0.6) is 0 Å². The maximum atomic E-state index is 9.98. The lowest BCUT2D eigenvalue weighted by molar-refractivity contribution is -0.0540. The second-order valence-electron chi connectivity index (χ2n) is 5.34. The molecule has 0 aromatic heterocycles. The summed E-state index contributed by atoms with van der Waals surface area (Å²) in [4.78, 5) is 0. The Balaban J connectivity index is 2.10. The standard InChI is InChI=1S/C19H20O5/c20-15(11-13-7-3-1-4-8-13)17(22)19(24)18(23)16(21)12-14-9-5-2-6-10-14/h1-12,17-24H/t17-,18+,19?. The van der Waals surface area contributed by atoms with E-state index in [4.69, 9.17) is 0 Å². The van der Waals surface area contributed by atoms with Crippen molar-refractivity contribution in [3.63, 3.8) is 0 Å². The molecule has 0 saturated carbocycles. The second kappa shape index (κ2) is 8.31. The van der Waals surface area contributed by atoms with E-state index in [9.17, 15) is 25.5 Å². The minimum atomic E-state index is -1.79. The van der Waals surface area contributed by atoms with E-state index in [1.54, 1.807) is 60.7 Å². The first-order chi connectivity index (χ1) is 11.5. The van der Waals surface area contributed by atoms with Crippen molar-refractivity contribution in [3.05, 3.63) is 83.3 Å². The lowest BCUT2D eigenvalue weighted by atomic mass is 10.0. The molecule has 126 valence electrons. The number of hydrogen-bond acceptors (Lipinski definition) is 5. The van der Waals surface area contributed by atoms with Gasteiger partial charge in [0.15, 0.2) is 0 Å². The molecule has 1 unspecified atom stereocenters. The number of aliphatic hydroxyl groups excluding tert-OH is 5. The van der Waals surface area contributed by atoms with E-state index in [0.717, 1.165) is 0 Å². The van der Waals surface area contributed by atoms with Gasteiger partial charge in [0.25, 0.3) is 0 Å². The third-order valence-corrected chi connectivity index (χ3v) is 3.48. The van der Waals surface area contributed by atoms with Crippen molar-refractivity contribution in [2.45, 2.75) is 18.3 Å². The van der Waals surface area contributed by atoms with E-state index in [1.165, 1.54) is 12.2 Å². The van der Waals surface area contributed by atoms with Gasteiger partial charge in [-0.25, -0.2) is 0 Å². The highest BCUT2D eigenvalue weighted by atomic mass is 16.4. The maximum absolute atomic E-state index is 9.98. The summed E-state index contributed by atoms with van der Waals surface area (Å²) in [6, 6.07) is 17.5. The summed E-state index contributed by atoms with van der Waals surface area (Å²) in [6.07, 6.45) is -2.72. The zero-order valence-corrected chi connectivity index (χ0v) is 12.9. The predicted octanol–water partition coefficient (Wildman–Crippen LogP) is 2.27. The molecule has 0 radical (unpaired) electrons. The molecular formula is C19H20O5. The summed E-state index contributed by atoms with van der Waals surface area (Å²) < 4.78 is 0.